The molecule has 1 aromatic rings. The number of benzene rings is 1. The normalized spacial score (nSPS) is 14.6. The van der Waals surface area contributed by atoms with E-state index < -0.39 is 79.4 Å². The number of amides is 2. The first-order valence-corrected chi connectivity index (χ1v) is 43.0. The fraction of sp³-hybridized carbons (Fsp3) is 0.780. The summed E-state index contributed by atoms with van der Waals surface area (Å²) < 4.78 is 38.9. The van der Waals surface area contributed by atoms with Crippen LogP contribution in [0.25, 0.3) is 0 Å². The first-order chi connectivity index (χ1) is 23.5. The summed E-state index contributed by atoms with van der Waals surface area (Å²) in [6.45, 7) is 39.6. The van der Waals surface area contributed by atoms with Gasteiger partial charge in [-0.25, -0.2) is 4.79 Å². The van der Waals surface area contributed by atoms with E-state index in [1.807, 2.05) is 13.1 Å². The number of nitrogens with zero attached hydrogens (tertiary/aromatic N) is 1. The average molecular weight is 1010 g/mol. The minimum atomic E-state index is -2.65. The van der Waals surface area contributed by atoms with Crippen LogP contribution in [-0.4, -0.2) is 108 Å². The maximum atomic E-state index is 12.8. The molecule has 3 N–H and O–H groups in total. The molecule has 0 saturated heterocycles. The molecule has 0 aromatic heterocycles. The molecule has 0 saturated carbocycles. The second-order valence-corrected chi connectivity index (χ2v) is 51.9. The van der Waals surface area contributed by atoms with Crippen molar-refractivity contribution in [2.45, 2.75) is 202 Å². The van der Waals surface area contributed by atoms with Crippen LogP contribution in [0.1, 0.15) is 103 Å². The van der Waals surface area contributed by atoms with Gasteiger partial charge in [0.1, 0.15) is 0 Å². The Balaban J connectivity index is -0.000000148. The van der Waals surface area contributed by atoms with E-state index in [1.54, 1.807) is 0 Å². The summed E-state index contributed by atoms with van der Waals surface area (Å²) in [6, 6.07) is 5.61. The molecule has 1 aromatic carbocycles. The largest absolute Gasteiger partial charge is 0.478 e. The number of carboxylic acid groups (broad SMARTS) is 1. The van der Waals surface area contributed by atoms with Crippen LogP contribution in [0, 0.1) is 0 Å². The topological polar surface area (TPSA) is 156 Å². The van der Waals surface area contributed by atoms with Crippen molar-refractivity contribution in [3.05, 3.63) is 34.9 Å². The molecule has 2 amide bonds. The number of hydrogen-bond acceptors (Lipinski definition) is 10. The molecule has 1 aliphatic rings. The van der Waals surface area contributed by atoms with Gasteiger partial charge in [0.2, 0.25) is 0 Å². The van der Waals surface area contributed by atoms with E-state index in [1.165, 1.54) is 23.1 Å². The fourth-order valence-electron chi connectivity index (χ4n) is 6.71. The first kappa shape index (κ1) is 77.5. The third-order valence-corrected chi connectivity index (χ3v) is 34.2. The van der Waals surface area contributed by atoms with Gasteiger partial charge in [0.15, 0.2) is 33.3 Å². The van der Waals surface area contributed by atoms with Crippen LogP contribution in [0.4, 0.5) is 0 Å². The number of carbonyl (C=O) groups is 3. The molecule has 61 heavy (non-hydrogen) atoms. The quantitative estimate of drug-likeness (QED) is 0.0947. The Morgan fingerprint density at radius 3 is 1.16 bits per heavy atom. The summed E-state index contributed by atoms with van der Waals surface area (Å²) in [7, 11) is -16.4. The molecule has 2 rings (SSSR count). The Kier molecular flexibility index (Phi) is 36.9. The molecule has 12 nitrogen and oxygen atoms in total. The number of fused-ring (bicyclic) bond motifs is 1. The lowest BCUT2D eigenvalue weighted by Crippen LogP contribution is -2.57. The predicted octanol–water partition coefficient (Wildman–Crippen LogP) is 13.8. The van der Waals surface area contributed by atoms with Crippen LogP contribution in [0.3, 0.4) is 0 Å². The highest BCUT2D eigenvalue weighted by Crippen LogP contribution is 2.30. The van der Waals surface area contributed by atoms with Crippen LogP contribution < -0.4 is 5.73 Å². The summed E-state index contributed by atoms with van der Waals surface area (Å²) in [6.07, 6.45) is 1.51. The molecule has 0 bridgehead atoms. The Labute approximate surface area is 388 Å². The van der Waals surface area contributed by atoms with Gasteiger partial charge < -0.3 is 35.5 Å². The Hall–Kier alpha value is -0.715. The Morgan fingerprint density at radius 1 is 0.525 bits per heavy atom. The van der Waals surface area contributed by atoms with E-state index in [-0.39, 0.29) is 88.6 Å². The van der Waals surface area contributed by atoms with E-state index in [4.69, 9.17) is 30.4 Å². The number of rotatable bonds is 20. The molecule has 2 unspecified atom stereocenters. The minimum Gasteiger partial charge on any atom is -0.478 e. The maximum absolute atomic E-state index is 12.8. The monoisotopic (exact) mass is 1010 g/mol. The molecule has 0 radical (unpaired) electrons. The smallest absolute Gasteiger partial charge is 0.335 e. The van der Waals surface area contributed by atoms with E-state index in [0.29, 0.717) is 19.0 Å². The number of imide groups is 1. The summed E-state index contributed by atoms with van der Waals surface area (Å²) in [5, 5.41) is 9.19. The van der Waals surface area contributed by atoms with Crippen molar-refractivity contribution in [3.8, 4) is 0 Å². The van der Waals surface area contributed by atoms with Crippen molar-refractivity contribution in [1.29, 1.82) is 0 Å². The van der Waals surface area contributed by atoms with Gasteiger partial charge in [-0.3, -0.25) is 14.5 Å². The van der Waals surface area contributed by atoms with E-state index >= 15 is 0 Å². The van der Waals surface area contributed by atoms with Gasteiger partial charge in [-0.1, -0.05) is 59.4 Å². The zero-order valence-electron chi connectivity index (χ0n) is 36.1. The third-order valence-electron chi connectivity index (χ3n) is 7.14. The number of carboxylic acids is 1. The molecule has 1 heterocycles. The summed E-state index contributed by atoms with van der Waals surface area (Å²) in [4.78, 5) is 38.0. The number of nitrogens with two attached hydrogens (primary N) is 1. The van der Waals surface area contributed by atoms with Gasteiger partial charge in [-0.05, 0) is 168 Å². The number of carbonyl (C=O) groups excluding carboxylic acids is 2. The van der Waals surface area contributed by atoms with E-state index in [0.717, 1.165) is 12.5 Å². The van der Waals surface area contributed by atoms with Crippen molar-refractivity contribution in [2.75, 3.05) is 13.1 Å². The number of aromatic carboxylic acids is 1. The average Bonchev–Trinajstić information content (AvgIpc) is 3.10. The summed E-state index contributed by atoms with van der Waals surface area (Å²) in [5.41, 5.74) is 6.06. The third kappa shape index (κ3) is 30.2. The van der Waals surface area contributed by atoms with Crippen LogP contribution in [0.2, 0.25) is 130 Å². The SMILES string of the molecule is C.C.C.C.C.C.C.C.C[Si](C)(C)O[Si](C)(C)O[Si](C)(CCCN)O[Si](C)(C)C.C[Si](C)(C)O[Si](C)(C)O[Si](C)(CCCN1C(=O)c2ccc(C(=O)O)cc2C1=O)O[Si](C)(C)C. The van der Waals surface area contributed by atoms with Crippen LogP contribution in [0.15, 0.2) is 18.2 Å². The van der Waals surface area contributed by atoms with Gasteiger partial charge in [-0.15, -0.1) is 0 Å². The molecule has 0 fully saturated rings. The van der Waals surface area contributed by atoms with Crippen molar-refractivity contribution < 1.29 is 44.2 Å². The molecule has 0 aliphatic carbocycles. The molecule has 370 valence electrons. The molecule has 2 atom stereocenters. The summed E-state index contributed by atoms with van der Waals surface area (Å²) in [5.74, 6) is -1.98. The molecule has 1 aliphatic heterocycles. The highest BCUT2D eigenvalue weighted by molar-refractivity contribution is 6.90. The lowest BCUT2D eigenvalue weighted by Gasteiger charge is -2.41. The van der Waals surface area contributed by atoms with Gasteiger partial charge in [0.25, 0.3) is 11.8 Å². The zero-order valence-corrected chi connectivity index (χ0v) is 44.1. The van der Waals surface area contributed by atoms with Crippen LogP contribution in [-0.2, 0) is 24.7 Å². The van der Waals surface area contributed by atoms with Gasteiger partial charge in [-0.2, -0.15) is 0 Å². The first-order valence-electron chi connectivity index (χ1n) is 18.7. The molecule has 0 spiro atoms. The fourth-order valence-corrected chi connectivity index (χ4v) is 42.6. The van der Waals surface area contributed by atoms with Crippen LogP contribution in [0.5, 0.6) is 0 Å². The van der Waals surface area contributed by atoms with Crippen molar-refractivity contribution in [3.63, 3.8) is 0 Å². The van der Waals surface area contributed by atoms with E-state index in [9.17, 15) is 19.5 Å². The second-order valence-electron chi connectivity index (χ2n) is 19.0. The standard InChI is InChI=1S/C21H37NO7Si4.C12H35NO3Si4.8CH4/c1-30(2,3)27-32(7,8)29-33(9,28-31(4,5)6)14-10-13-22-19(23)17-12-11-16(21(25)26)15-18(17)20(22)24;1-17(2,3)14-19(7,8)16-20(9,12-10-11-13)15-18(4,5)6;;;;;;;;/h11-12,15H,10,13-14H2,1-9H3,(H,25,26);10-13H2,1-9H3;8*1H4. The molecule has 20 heteroatoms. The Morgan fingerprint density at radius 2 is 0.852 bits per heavy atom. The lowest BCUT2D eigenvalue weighted by molar-refractivity contribution is 0.0651. The van der Waals surface area contributed by atoms with Gasteiger partial charge in [0, 0.05) is 6.54 Å². The number of hydrogen-bond donors (Lipinski definition) is 2. The van der Waals surface area contributed by atoms with Crippen LogP contribution >= 0.6 is 0 Å². The van der Waals surface area contributed by atoms with E-state index in [2.05, 4.69) is 105 Å². The second kappa shape index (κ2) is 29.0. The summed E-state index contributed by atoms with van der Waals surface area (Å²) >= 11 is 0. The zero-order chi connectivity index (χ0) is 41.6. The van der Waals surface area contributed by atoms with Gasteiger partial charge >= 0.3 is 40.2 Å². The predicted molar refractivity (Wildman–Crippen MR) is 289 cm³/mol. The van der Waals surface area contributed by atoms with Crippen molar-refractivity contribution >= 4 is 85.3 Å². The Bertz CT molecular complexity index is 1430. The lowest BCUT2D eigenvalue weighted by atomic mass is 10.1. The van der Waals surface area contributed by atoms with Crippen molar-refractivity contribution in [2.24, 2.45) is 5.73 Å². The highest BCUT2D eigenvalue weighted by atomic mass is 28.5. The maximum Gasteiger partial charge on any atom is 0.335 e. The minimum absolute atomic E-state index is 0. The molecular formula is C41H104N2O10Si8. The molecular weight excluding hydrogens is 905 g/mol. The van der Waals surface area contributed by atoms with Crippen molar-refractivity contribution in [1.82, 2.24) is 4.90 Å². The highest BCUT2D eigenvalue weighted by Gasteiger charge is 2.46. The van der Waals surface area contributed by atoms with Gasteiger partial charge in [0.05, 0.1) is 16.7 Å².